The van der Waals surface area contributed by atoms with Gasteiger partial charge in [-0.05, 0) is 25.7 Å². The smallest absolute Gasteiger partial charge is 0.333 e. The van der Waals surface area contributed by atoms with Crippen molar-refractivity contribution in [2.75, 3.05) is 11.0 Å². The van der Waals surface area contributed by atoms with Crippen molar-refractivity contribution in [2.45, 2.75) is 45.1 Å². The lowest BCUT2D eigenvalue weighted by molar-refractivity contribution is -0.137. The highest BCUT2D eigenvalue weighted by atomic mass is 127. The maximum absolute atomic E-state index is 11.1. The lowest BCUT2D eigenvalue weighted by Gasteiger charge is -2.28. The largest absolute Gasteiger partial charge is 0.497 e. The number of carbonyl (C=O) groups excluding carboxylic acids is 1. The molecule has 98 valence electrons. The van der Waals surface area contributed by atoms with Crippen LogP contribution in [0.3, 0.4) is 0 Å². The zero-order valence-electron chi connectivity index (χ0n) is 10.4. The summed E-state index contributed by atoms with van der Waals surface area (Å²) in [5.74, 6) is 0.316. The van der Waals surface area contributed by atoms with Crippen LogP contribution in [0.25, 0.3) is 0 Å². The molecule has 0 aromatic rings. The number of ether oxygens (including phenoxy) is 2. The summed E-state index contributed by atoms with van der Waals surface area (Å²) in [7, 11) is 0. The first-order chi connectivity index (χ1) is 8.27. The number of halogens is 1. The molecule has 3 nitrogen and oxygen atoms in total. The first-order valence-electron chi connectivity index (χ1n) is 6.32. The number of carbonyl (C=O) groups is 1. The maximum atomic E-state index is 11.1. The van der Waals surface area contributed by atoms with Crippen molar-refractivity contribution in [3.8, 4) is 0 Å². The minimum atomic E-state index is -0.330. The number of hydrogen-bond donors (Lipinski definition) is 0. The topological polar surface area (TPSA) is 35.5 Å². The summed E-state index contributed by atoms with van der Waals surface area (Å²) in [6.07, 6.45) is 9.57. The maximum Gasteiger partial charge on any atom is 0.333 e. The van der Waals surface area contributed by atoms with Crippen LogP contribution < -0.4 is 0 Å². The van der Waals surface area contributed by atoms with Crippen molar-refractivity contribution >= 4 is 28.6 Å². The van der Waals surface area contributed by atoms with Gasteiger partial charge in [-0.25, -0.2) is 4.79 Å². The summed E-state index contributed by atoms with van der Waals surface area (Å²) in [5, 5.41) is 0. The third kappa shape index (κ3) is 5.75. The minimum Gasteiger partial charge on any atom is -0.497 e. The molecule has 0 spiro atoms. The predicted octanol–water partition coefficient (Wildman–Crippen LogP) is 3.46. The summed E-state index contributed by atoms with van der Waals surface area (Å²) in [6.45, 7) is 2.20. The number of alkyl halides is 1. The number of hydrogen-bond acceptors (Lipinski definition) is 3. The molecule has 0 radical (unpaired) electrons. The summed E-state index contributed by atoms with van der Waals surface area (Å²) in [4.78, 5) is 11.1. The van der Waals surface area contributed by atoms with Gasteiger partial charge in [-0.2, -0.15) is 0 Å². The van der Waals surface area contributed by atoms with E-state index in [0.29, 0.717) is 12.5 Å². The van der Waals surface area contributed by atoms with Gasteiger partial charge in [0.1, 0.15) is 6.10 Å². The van der Waals surface area contributed by atoms with Gasteiger partial charge in [0.25, 0.3) is 0 Å². The van der Waals surface area contributed by atoms with Crippen LogP contribution in [0.15, 0.2) is 12.3 Å². The lowest BCUT2D eigenvalue weighted by Crippen LogP contribution is -2.26. The zero-order chi connectivity index (χ0) is 12.5. The molecule has 0 aliphatic heterocycles. The average molecular weight is 352 g/mol. The third-order valence-electron chi connectivity index (χ3n) is 3.07. The number of rotatable bonds is 6. The van der Waals surface area contributed by atoms with Crippen molar-refractivity contribution in [3.05, 3.63) is 12.3 Å². The monoisotopic (exact) mass is 352 g/mol. The van der Waals surface area contributed by atoms with Crippen molar-refractivity contribution < 1.29 is 14.3 Å². The van der Waals surface area contributed by atoms with E-state index in [4.69, 9.17) is 9.47 Å². The van der Waals surface area contributed by atoms with Gasteiger partial charge in [0.2, 0.25) is 0 Å². The third-order valence-corrected chi connectivity index (χ3v) is 3.94. The molecule has 0 amide bonds. The molecule has 0 heterocycles. The van der Waals surface area contributed by atoms with E-state index in [2.05, 4.69) is 22.6 Å². The Kier molecular flexibility index (Phi) is 7.64. The molecule has 0 N–H and O–H groups in total. The zero-order valence-corrected chi connectivity index (χ0v) is 12.5. The van der Waals surface area contributed by atoms with Gasteiger partial charge in [-0.1, -0.05) is 41.9 Å². The molecule has 1 aliphatic rings. The van der Waals surface area contributed by atoms with Gasteiger partial charge < -0.3 is 9.47 Å². The van der Waals surface area contributed by atoms with Crippen LogP contribution in [0.2, 0.25) is 0 Å². The molecule has 1 saturated carbocycles. The summed E-state index contributed by atoms with van der Waals surface area (Å²) in [5.41, 5.74) is 0. The average Bonchev–Trinajstić information content (AvgIpc) is 2.36. The molecule has 1 atom stereocenters. The molecule has 1 fully saturated rings. The minimum absolute atomic E-state index is 0.238. The summed E-state index contributed by atoms with van der Waals surface area (Å²) in [6, 6.07) is 0. The normalized spacial score (nSPS) is 19.2. The van der Waals surface area contributed by atoms with Crippen LogP contribution >= 0.6 is 22.6 Å². The van der Waals surface area contributed by atoms with Crippen LogP contribution in [0.5, 0.6) is 0 Å². The first kappa shape index (κ1) is 14.8. The van der Waals surface area contributed by atoms with Crippen LogP contribution in [0, 0.1) is 5.92 Å². The van der Waals surface area contributed by atoms with Gasteiger partial charge in [0, 0.05) is 4.43 Å². The molecule has 0 saturated heterocycles. The molecule has 0 aromatic heterocycles. The Hall–Kier alpha value is -0.260. The van der Waals surface area contributed by atoms with E-state index < -0.39 is 0 Å². The molecule has 17 heavy (non-hydrogen) atoms. The highest BCUT2D eigenvalue weighted by molar-refractivity contribution is 14.1. The van der Waals surface area contributed by atoms with Gasteiger partial charge in [0.15, 0.2) is 0 Å². The molecule has 4 heteroatoms. The second-order valence-electron chi connectivity index (χ2n) is 4.28. The van der Waals surface area contributed by atoms with E-state index in [1.54, 1.807) is 6.92 Å². The fraction of sp³-hybridized carbons (Fsp3) is 0.769. The highest BCUT2D eigenvalue weighted by Crippen LogP contribution is 2.28. The van der Waals surface area contributed by atoms with Gasteiger partial charge >= 0.3 is 5.97 Å². The van der Waals surface area contributed by atoms with E-state index in [9.17, 15) is 4.79 Å². The van der Waals surface area contributed by atoms with Gasteiger partial charge in [-0.3, -0.25) is 0 Å². The SMILES string of the molecule is CCOC(=O)/C=C/OC(CI)C1CCCCC1. The Morgan fingerprint density at radius 3 is 2.71 bits per heavy atom. The van der Waals surface area contributed by atoms with Crippen LogP contribution in [-0.2, 0) is 14.3 Å². The van der Waals surface area contributed by atoms with Gasteiger partial charge in [-0.15, -0.1) is 0 Å². The van der Waals surface area contributed by atoms with Crippen molar-refractivity contribution in [2.24, 2.45) is 5.92 Å². The van der Waals surface area contributed by atoms with Crippen molar-refractivity contribution in [1.82, 2.24) is 0 Å². The Morgan fingerprint density at radius 1 is 1.41 bits per heavy atom. The van der Waals surface area contributed by atoms with Crippen LogP contribution in [0.1, 0.15) is 39.0 Å². The van der Waals surface area contributed by atoms with E-state index in [1.165, 1.54) is 44.4 Å². The fourth-order valence-electron chi connectivity index (χ4n) is 2.17. The van der Waals surface area contributed by atoms with Crippen molar-refractivity contribution in [3.63, 3.8) is 0 Å². The molecular formula is C13H21IO3. The second kappa shape index (κ2) is 8.78. The predicted molar refractivity (Wildman–Crippen MR) is 76.1 cm³/mol. The molecule has 1 aliphatic carbocycles. The van der Waals surface area contributed by atoms with Crippen molar-refractivity contribution in [1.29, 1.82) is 0 Å². The summed E-state index contributed by atoms with van der Waals surface area (Å²) < 4.78 is 11.4. The van der Waals surface area contributed by atoms with E-state index in [0.717, 1.165) is 4.43 Å². The second-order valence-corrected chi connectivity index (χ2v) is 5.16. The molecule has 1 unspecified atom stereocenters. The van der Waals surface area contributed by atoms with E-state index >= 15 is 0 Å². The first-order valence-corrected chi connectivity index (χ1v) is 7.85. The molecular weight excluding hydrogens is 331 g/mol. The van der Waals surface area contributed by atoms with Crippen LogP contribution in [0.4, 0.5) is 0 Å². The lowest BCUT2D eigenvalue weighted by atomic mass is 9.86. The van der Waals surface area contributed by atoms with E-state index in [1.807, 2.05) is 0 Å². The Bertz CT molecular complexity index is 247. The quantitative estimate of drug-likeness (QED) is 0.241. The van der Waals surface area contributed by atoms with Gasteiger partial charge in [0.05, 0.1) is 18.9 Å². The molecule has 1 rings (SSSR count). The molecule has 0 aromatic carbocycles. The Labute approximate surface area is 117 Å². The Morgan fingerprint density at radius 2 is 2.12 bits per heavy atom. The molecule has 0 bridgehead atoms. The van der Waals surface area contributed by atoms with Crippen LogP contribution in [-0.4, -0.2) is 23.1 Å². The standard InChI is InChI=1S/C13H21IO3/c1-2-16-13(15)8-9-17-12(10-14)11-6-4-3-5-7-11/h8-9,11-12H,2-7,10H2,1H3/b9-8+. The number of esters is 1. The fourth-order valence-corrected chi connectivity index (χ4v) is 3.09. The van der Waals surface area contributed by atoms with E-state index in [-0.39, 0.29) is 12.1 Å². The summed E-state index contributed by atoms with van der Waals surface area (Å²) >= 11 is 2.35. The highest BCUT2D eigenvalue weighted by Gasteiger charge is 2.23. The Balaban J connectivity index is 2.33.